The van der Waals surface area contributed by atoms with Crippen LogP contribution in [-0.4, -0.2) is 26.6 Å². The first-order chi connectivity index (χ1) is 9.24. The van der Waals surface area contributed by atoms with E-state index in [1.807, 2.05) is 12.1 Å². The minimum absolute atomic E-state index is 0.651. The van der Waals surface area contributed by atoms with E-state index in [4.69, 9.17) is 21.1 Å². The highest BCUT2D eigenvalue weighted by molar-refractivity contribution is 6.17. The van der Waals surface area contributed by atoms with Gasteiger partial charge in [-0.15, -0.1) is 11.6 Å². The Labute approximate surface area is 121 Å². The lowest BCUT2D eigenvalue weighted by Gasteiger charge is -2.15. The molecule has 1 aromatic rings. The minimum atomic E-state index is 0.651. The third-order valence-corrected chi connectivity index (χ3v) is 3.52. The van der Waals surface area contributed by atoms with Crippen molar-refractivity contribution in [2.75, 3.05) is 26.6 Å². The fourth-order valence-corrected chi connectivity index (χ4v) is 2.32. The van der Waals surface area contributed by atoms with Crippen LogP contribution in [0.15, 0.2) is 18.2 Å². The van der Waals surface area contributed by atoms with Crippen LogP contribution in [0.2, 0.25) is 0 Å². The second-order valence-corrected chi connectivity index (χ2v) is 4.95. The van der Waals surface area contributed by atoms with Crippen LogP contribution in [0.4, 0.5) is 0 Å². The largest absolute Gasteiger partial charge is 0.493 e. The molecule has 19 heavy (non-hydrogen) atoms. The van der Waals surface area contributed by atoms with Gasteiger partial charge >= 0.3 is 0 Å². The number of ether oxygens (including phenoxy) is 2. The van der Waals surface area contributed by atoms with Crippen molar-refractivity contribution in [1.82, 2.24) is 5.32 Å². The van der Waals surface area contributed by atoms with E-state index < -0.39 is 0 Å². The van der Waals surface area contributed by atoms with Crippen LogP contribution in [0.5, 0.6) is 11.5 Å². The smallest absolute Gasteiger partial charge is 0.161 e. The summed E-state index contributed by atoms with van der Waals surface area (Å²) < 4.78 is 10.5. The summed E-state index contributed by atoms with van der Waals surface area (Å²) in [5.74, 6) is 2.92. The molecule has 0 radical (unpaired) electrons. The summed E-state index contributed by atoms with van der Waals surface area (Å²) in [4.78, 5) is 0. The van der Waals surface area contributed by atoms with E-state index in [0.29, 0.717) is 5.92 Å². The molecule has 108 valence electrons. The Kier molecular flexibility index (Phi) is 7.68. The molecule has 0 aliphatic heterocycles. The van der Waals surface area contributed by atoms with Gasteiger partial charge < -0.3 is 14.8 Å². The molecule has 1 unspecified atom stereocenters. The fourth-order valence-electron chi connectivity index (χ4n) is 2.02. The third-order valence-electron chi connectivity index (χ3n) is 3.30. The number of hydrogen-bond donors (Lipinski definition) is 1. The first-order valence-corrected chi connectivity index (χ1v) is 7.26. The molecule has 0 aromatic heterocycles. The van der Waals surface area contributed by atoms with Gasteiger partial charge in [0, 0.05) is 12.4 Å². The van der Waals surface area contributed by atoms with Crippen molar-refractivity contribution in [2.24, 2.45) is 5.92 Å². The maximum atomic E-state index is 5.79. The molecule has 1 rings (SSSR count). The van der Waals surface area contributed by atoms with E-state index in [2.05, 4.69) is 18.3 Å². The van der Waals surface area contributed by atoms with E-state index in [-0.39, 0.29) is 0 Å². The van der Waals surface area contributed by atoms with Crippen molar-refractivity contribution >= 4 is 11.6 Å². The number of benzene rings is 1. The zero-order chi connectivity index (χ0) is 14.1. The van der Waals surface area contributed by atoms with Crippen LogP contribution in [0.25, 0.3) is 0 Å². The van der Waals surface area contributed by atoms with Gasteiger partial charge in [0.25, 0.3) is 0 Å². The molecule has 0 amide bonds. The lowest BCUT2D eigenvalue weighted by atomic mass is 10.0. The molecule has 3 nitrogen and oxygen atoms in total. The van der Waals surface area contributed by atoms with Gasteiger partial charge in [-0.1, -0.05) is 19.4 Å². The monoisotopic (exact) mass is 285 g/mol. The number of hydrogen-bond acceptors (Lipinski definition) is 3. The van der Waals surface area contributed by atoms with Crippen LogP contribution in [0.3, 0.4) is 0 Å². The van der Waals surface area contributed by atoms with Crippen LogP contribution in [0, 0.1) is 5.92 Å². The standard InChI is InChI=1S/C15H24ClNO2/c1-4-12(7-8-16)10-17-11-13-5-6-14(18-2)15(9-13)19-3/h5-6,9,12,17H,4,7-8,10-11H2,1-3H3. The predicted octanol–water partition coefficient (Wildman–Crippen LogP) is 3.45. The Morgan fingerprint density at radius 3 is 2.53 bits per heavy atom. The van der Waals surface area contributed by atoms with Gasteiger partial charge in [0.1, 0.15) is 0 Å². The van der Waals surface area contributed by atoms with Crippen LogP contribution >= 0.6 is 11.6 Å². The topological polar surface area (TPSA) is 30.5 Å². The molecule has 0 spiro atoms. The summed E-state index contributed by atoms with van der Waals surface area (Å²) in [6.07, 6.45) is 2.22. The van der Waals surface area contributed by atoms with Crippen molar-refractivity contribution in [3.63, 3.8) is 0 Å². The summed E-state index contributed by atoms with van der Waals surface area (Å²) in [6.45, 7) is 4.03. The first kappa shape index (κ1) is 16.1. The highest BCUT2D eigenvalue weighted by Crippen LogP contribution is 2.27. The van der Waals surface area contributed by atoms with Crippen molar-refractivity contribution in [3.8, 4) is 11.5 Å². The van der Waals surface area contributed by atoms with Gasteiger partial charge in [-0.05, 0) is 36.6 Å². The van der Waals surface area contributed by atoms with E-state index >= 15 is 0 Å². The van der Waals surface area contributed by atoms with Crippen molar-refractivity contribution < 1.29 is 9.47 Å². The normalized spacial score (nSPS) is 12.2. The van der Waals surface area contributed by atoms with E-state index in [1.54, 1.807) is 14.2 Å². The van der Waals surface area contributed by atoms with Crippen LogP contribution < -0.4 is 14.8 Å². The van der Waals surface area contributed by atoms with Gasteiger partial charge in [-0.3, -0.25) is 0 Å². The lowest BCUT2D eigenvalue weighted by Crippen LogP contribution is -2.22. The quantitative estimate of drug-likeness (QED) is 0.705. The molecular formula is C15H24ClNO2. The highest BCUT2D eigenvalue weighted by Gasteiger charge is 2.07. The SMILES string of the molecule is CCC(CCCl)CNCc1ccc(OC)c(OC)c1. The molecule has 4 heteroatoms. The molecule has 0 saturated heterocycles. The maximum absolute atomic E-state index is 5.79. The highest BCUT2D eigenvalue weighted by atomic mass is 35.5. The minimum Gasteiger partial charge on any atom is -0.493 e. The van der Waals surface area contributed by atoms with Crippen molar-refractivity contribution in [1.29, 1.82) is 0 Å². The van der Waals surface area contributed by atoms with Crippen LogP contribution in [-0.2, 0) is 6.54 Å². The first-order valence-electron chi connectivity index (χ1n) is 6.72. The van der Waals surface area contributed by atoms with Gasteiger partial charge in [-0.25, -0.2) is 0 Å². The zero-order valence-corrected chi connectivity index (χ0v) is 12.8. The Balaban J connectivity index is 2.49. The van der Waals surface area contributed by atoms with Crippen molar-refractivity contribution in [2.45, 2.75) is 26.3 Å². The number of methoxy groups -OCH3 is 2. The second kappa shape index (κ2) is 9.05. The fraction of sp³-hybridized carbons (Fsp3) is 0.600. The molecule has 1 atom stereocenters. The lowest BCUT2D eigenvalue weighted by molar-refractivity contribution is 0.354. The molecule has 0 saturated carbocycles. The van der Waals surface area contributed by atoms with Gasteiger partial charge in [0.15, 0.2) is 11.5 Å². The molecule has 0 bridgehead atoms. The molecule has 0 fully saturated rings. The third kappa shape index (κ3) is 5.29. The van der Waals surface area contributed by atoms with Crippen molar-refractivity contribution in [3.05, 3.63) is 23.8 Å². The predicted molar refractivity (Wildman–Crippen MR) is 80.4 cm³/mol. The Hall–Kier alpha value is -0.930. The second-order valence-electron chi connectivity index (χ2n) is 4.57. The number of alkyl halides is 1. The Morgan fingerprint density at radius 2 is 1.95 bits per heavy atom. The van der Waals surface area contributed by atoms with E-state index in [9.17, 15) is 0 Å². The number of halogens is 1. The average molecular weight is 286 g/mol. The Bertz CT molecular complexity index is 371. The molecular weight excluding hydrogens is 262 g/mol. The van der Waals surface area contributed by atoms with Gasteiger partial charge in [-0.2, -0.15) is 0 Å². The average Bonchev–Trinajstić information content (AvgIpc) is 2.46. The molecule has 0 heterocycles. The van der Waals surface area contributed by atoms with Crippen LogP contribution in [0.1, 0.15) is 25.3 Å². The number of nitrogens with one attached hydrogen (secondary N) is 1. The molecule has 0 aliphatic carbocycles. The maximum Gasteiger partial charge on any atom is 0.161 e. The molecule has 1 aromatic carbocycles. The van der Waals surface area contributed by atoms with E-state index in [0.717, 1.165) is 43.3 Å². The summed E-state index contributed by atoms with van der Waals surface area (Å²) in [5.41, 5.74) is 1.19. The summed E-state index contributed by atoms with van der Waals surface area (Å²) in [5, 5.41) is 3.47. The molecule has 1 N–H and O–H groups in total. The number of rotatable bonds is 9. The van der Waals surface area contributed by atoms with Gasteiger partial charge in [0.05, 0.1) is 14.2 Å². The zero-order valence-electron chi connectivity index (χ0n) is 12.0. The summed E-state index contributed by atoms with van der Waals surface area (Å²) >= 11 is 5.79. The Morgan fingerprint density at radius 1 is 1.21 bits per heavy atom. The summed E-state index contributed by atoms with van der Waals surface area (Å²) in [6, 6.07) is 6.00. The summed E-state index contributed by atoms with van der Waals surface area (Å²) in [7, 11) is 3.30. The molecule has 0 aliphatic rings. The van der Waals surface area contributed by atoms with E-state index in [1.165, 1.54) is 5.56 Å². The van der Waals surface area contributed by atoms with Gasteiger partial charge in [0.2, 0.25) is 0 Å².